The van der Waals surface area contributed by atoms with E-state index in [9.17, 15) is 0 Å². The van der Waals surface area contributed by atoms with Gasteiger partial charge >= 0.3 is 122 Å². The van der Waals surface area contributed by atoms with Crippen LogP contribution in [0.2, 0.25) is 5.82 Å². The number of hydrogen-bond donors (Lipinski definition) is 0. The third kappa shape index (κ3) is 4.84. The zero-order chi connectivity index (χ0) is 12.6. The zero-order valence-electron chi connectivity index (χ0n) is 11.1. The normalized spacial score (nSPS) is 17.9. The quantitative estimate of drug-likeness (QED) is 0.679. The fraction of sp³-hybridized carbons (Fsp3) is 0.500. The summed E-state index contributed by atoms with van der Waals surface area (Å²) in [6.45, 7) is 0. The van der Waals surface area contributed by atoms with E-state index in [1.807, 2.05) is 0 Å². The Morgan fingerprint density at radius 2 is 1.94 bits per heavy atom. The average Bonchev–Trinajstić information content (AvgIpc) is 2.45. The summed E-state index contributed by atoms with van der Waals surface area (Å²) in [6, 6.07) is 10.8. The Hall–Kier alpha value is -0.171. The van der Waals surface area contributed by atoms with Crippen molar-refractivity contribution in [2.45, 2.75) is 43.7 Å². The van der Waals surface area contributed by atoms with E-state index in [1.54, 1.807) is 3.80 Å². The van der Waals surface area contributed by atoms with Gasteiger partial charge in [0.15, 0.2) is 0 Å². The Labute approximate surface area is 122 Å². The molecule has 0 nitrogen and oxygen atoms in total. The van der Waals surface area contributed by atoms with Crippen molar-refractivity contribution in [3.05, 3.63) is 45.8 Å². The van der Waals surface area contributed by atoms with E-state index in [0.717, 1.165) is 11.7 Å². The van der Waals surface area contributed by atoms with Crippen molar-refractivity contribution in [1.29, 1.82) is 0 Å². The van der Waals surface area contributed by atoms with Crippen LogP contribution in [-0.4, -0.2) is 15.0 Å². The Balaban J connectivity index is 1.86. The van der Waals surface area contributed by atoms with E-state index in [0.29, 0.717) is 15.0 Å². The molecular weight excluding hydrogens is 303 g/mol. The molecule has 0 aliphatic heterocycles. The minimum absolute atomic E-state index is 0.650. The second-order valence-corrected chi connectivity index (χ2v) is 8.24. The topological polar surface area (TPSA) is 0 Å². The molecule has 0 spiro atoms. The van der Waals surface area contributed by atoms with Gasteiger partial charge in [-0.25, -0.2) is 0 Å². The summed E-state index contributed by atoms with van der Waals surface area (Å²) < 4.78 is 1.65. The fourth-order valence-electron chi connectivity index (χ4n) is 2.40. The third-order valence-corrected chi connectivity index (χ3v) is 7.08. The molecule has 2 heteroatoms. The Kier molecular flexibility index (Phi) is 6.40. The predicted molar refractivity (Wildman–Crippen MR) is 84.0 cm³/mol. The molecule has 1 saturated carbocycles. The molecule has 0 amide bonds. The van der Waals surface area contributed by atoms with Gasteiger partial charge in [0.05, 0.1) is 0 Å². The number of thioether (sulfide) groups is 1. The molecule has 18 heavy (non-hydrogen) atoms. The SMILES string of the molecule is C[Se]/C(=C\C1CCCCC1)SCc1ccccc1. The van der Waals surface area contributed by atoms with Crippen molar-refractivity contribution in [1.82, 2.24) is 0 Å². The van der Waals surface area contributed by atoms with Crippen molar-refractivity contribution < 1.29 is 0 Å². The molecule has 0 aromatic heterocycles. The van der Waals surface area contributed by atoms with Gasteiger partial charge < -0.3 is 0 Å². The summed E-state index contributed by atoms with van der Waals surface area (Å²) in [4.78, 5) is 0. The van der Waals surface area contributed by atoms with E-state index < -0.39 is 0 Å². The maximum atomic E-state index is 2.59. The van der Waals surface area contributed by atoms with Gasteiger partial charge in [-0.3, -0.25) is 0 Å². The molecule has 1 fully saturated rings. The molecule has 98 valence electrons. The summed E-state index contributed by atoms with van der Waals surface area (Å²) >= 11 is 2.71. The number of hydrogen-bond acceptors (Lipinski definition) is 1. The van der Waals surface area contributed by atoms with Gasteiger partial charge in [0.25, 0.3) is 0 Å². The predicted octanol–water partition coefficient (Wildman–Crippen LogP) is 5.09. The van der Waals surface area contributed by atoms with Gasteiger partial charge in [-0.15, -0.1) is 0 Å². The van der Waals surface area contributed by atoms with Crippen LogP contribution in [0, 0.1) is 5.92 Å². The first-order valence-corrected chi connectivity index (χ1v) is 10.4. The second kappa shape index (κ2) is 8.09. The van der Waals surface area contributed by atoms with Crippen LogP contribution in [0.15, 0.2) is 40.2 Å². The van der Waals surface area contributed by atoms with Gasteiger partial charge in [0.2, 0.25) is 0 Å². The average molecular weight is 325 g/mol. The van der Waals surface area contributed by atoms with E-state index in [2.05, 4.69) is 54.0 Å². The van der Waals surface area contributed by atoms with Crippen LogP contribution in [0.5, 0.6) is 0 Å². The first kappa shape index (κ1) is 14.2. The molecule has 0 unspecified atom stereocenters. The monoisotopic (exact) mass is 326 g/mol. The molecule has 1 aliphatic carbocycles. The van der Waals surface area contributed by atoms with Crippen molar-refractivity contribution in [2.24, 2.45) is 5.92 Å². The summed E-state index contributed by atoms with van der Waals surface area (Å²) in [6.07, 6.45) is 9.76. The van der Waals surface area contributed by atoms with Gasteiger partial charge in [-0.2, -0.15) is 0 Å². The fourth-order valence-corrected chi connectivity index (χ4v) is 5.11. The molecule has 2 rings (SSSR count). The van der Waals surface area contributed by atoms with Crippen LogP contribution in [0.3, 0.4) is 0 Å². The van der Waals surface area contributed by atoms with Crippen LogP contribution in [0.4, 0.5) is 0 Å². The van der Waals surface area contributed by atoms with Gasteiger partial charge in [-0.05, 0) is 0 Å². The van der Waals surface area contributed by atoms with Gasteiger partial charge in [-0.1, -0.05) is 0 Å². The molecule has 1 aromatic rings. The first-order valence-electron chi connectivity index (χ1n) is 6.81. The first-order chi connectivity index (χ1) is 8.88. The molecule has 1 aromatic carbocycles. The van der Waals surface area contributed by atoms with E-state index in [1.165, 1.54) is 37.7 Å². The molecular formula is C16H22SSe. The molecule has 0 radical (unpaired) electrons. The van der Waals surface area contributed by atoms with Gasteiger partial charge in [0.1, 0.15) is 0 Å². The standard InChI is InChI=1S/C16H22SSe/c1-18-16(12-14-8-4-2-5-9-14)17-13-15-10-6-3-7-11-15/h3,6-7,10-12,14H,2,4-5,8-9,13H2,1H3/b16-12-. The summed E-state index contributed by atoms with van der Waals surface area (Å²) in [7, 11) is 0. The van der Waals surface area contributed by atoms with E-state index in [-0.39, 0.29) is 0 Å². The molecule has 0 saturated heterocycles. The summed E-state index contributed by atoms with van der Waals surface area (Å²) in [5.41, 5.74) is 1.45. The third-order valence-electron chi connectivity index (χ3n) is 3.45. The zero-order valence-corrected chi connectivity index (χ0v) is 13.6. The van der Waals surface area contributed by atoms with Crippen LogP contribution in [0.1, 0.15) is 37.7 Å². The van der Waals surface area contributed by atoms with Crippen LogP contribution in [0.25, 0.3) is 0 Å². The van der Waals surface area contributed by atoms with Crippen molar-refractivity contribution in [3.8, 4) is 0 Å². The Morgan fingerprint density at radius 3 is 2.61 bits per heavy atom. The molecule has 0 bridgehead atoms. The van der Waals surface area contributed by atoms with Crippen LogP contribution < -0.4 is 0 Å². The second-order valence-electron chi connectivity index (χ2n) is 4.86. The van der Waals surface area contributed by atoms with Crippen molar-refractivity contribution in [2.75, 3.05) is 0 Å². The Bertz CT molecular complexity index is 366. The van der Waals surface area contributed by atoms with Gasteiger partial charge in [0, 0.05) is 0 Å². The van der Waals surface area contributed by atoms with E-state index >= 15 is 0 Å². The maximum absolute atomic E-state index is 2.59. The van der Waals surface area contributed by atoms with Crippen LogP contribution in [-0.2, 0) is 5.75 Å². The number of rotatable bonds is 5. The van der Waals surface area contributed by atoms with Crippen LogP contribution >= 0.6 is 11.8 Å². The number of benzene rings is 1. The Morgan fingerprint density at radius 1 is 1.22 bits per heavy atom. The summed E-state index contributed by atoms with van der Waals surface area (Å²) in [5, 5.41) is 0. The molecule has 1 aliphatic rings. The molecule has 0 N–H and O–H groups in total. The minimum atomic E-state index is 0.650. The summed E-state index contributed by atoms with van der Waals surface area (Å²) in [5.74, 6) is 4.35. The number of allylic oxidation sites excluding steroid dienone is 1. The van der Waals surface area contributed by atoms with Crippen molar-refractivity contribution in [3.63, 3.8) is 0 Å². The molecule has 0 atom stereocenters. The van der Waals surface area contributed by atoms with Crippen molar-refractivity contribution >= 4 is 26.7 Å². The molecule has 0 heterocycles. The van der Waals surface area contributed by atoms with E-state index in [4.69, 9.17) is 0 Å².